The molecule has 3 rings (SSSR count). The second kappa shape index (κ2) is 5.50. The molecule has 1 N–H and O–H groups in total. The number of hydrogen-bond acceptors (Lipinski definition) is 3. The van der Waals surface area contributed by atoms with Crippen LogP contribution >= 0.6 is 0 Å². The Morgan fingerprint density at radius 3 is 2.52 bits per heavy atom. The van der Waals surface area contributed by atoms with Crippen LogP contribution in [0, 0.1) is 17.8 Å². The Morgan fingerprint density at radius 2 is 1.96 bits per heavy atom. The second-order valence-electron chi connectivity index (χ2n) is 6.05. The number of carbonyl (C=O) groups excluding carboxylic acids is 1. The van der Waals surface area contributed by atoms with E-state index in [4.69, 9.17) is 0 Å². The Kier molecular flexibility index (Phi) is 3.77. The Morgan fingerprint density at radius 1 is 1.26 bits per heavy atom. The van der Waals surface area contributed by atoms with Crippen molar-refractivity contribution in [2.45, 2.75) is 19.0 Å². The second-order valence-corrected chi connectivity index (χ2v) is 6.05. The average Bonchev–Trinajstić information content (AvgIpc) is 3.24. The van der Waals surface area contributed by atoms with Gasteiger partial charge in [0.15, 0.2) is 5.69 Å². The smallest absolute Gasteiger partial charge is 0.434 e. The first-order chi connectivity index (χ1) is 10.8. The van der Waals surface area contributed by atoms with Crippen molar-refractivity contribution >= 4 is 11.9 Å². The standard InChI is InChI=1S/C15H15F3N2O3/c16-15(17,18)12-9(2-1-5-19-12)13(21)20-6-10(8-3-4-8)11(7-20)14(22)23/h1-2,5,8,10-11H,3-4,6-7H2,(H,22,23)/t10-,11+/m1/s1. The Bertz CT molecular complexity index is 643. The molecule has 124 valence electrons. The zero-order valence-electron chi connectivity index (χ0n) is 12.1. The van der Waals surface area contributed by atoms with Crippen molar-refractivity contribution in [3.05, 3.63) is 29.6 Å². The third-order valence-electron chi connectivity index (χ3n) is 4.50. The number of aliphatic carboxylic acids is 1. The summed E-state index contributed by atoms with van der Waals surface area (Å²) in [5.74, 6) is -2.44. The number of aromatic nitrogens is 1. The Labute approximate surface area is 130 Å². The number of carboxylic acid groups (broad SMARTS) is 1. The fourth-order valence-corrected chi connectivity index (χ4v) is 3.23. The van der Waals surface area contributed by atoms with Crippen LogP contribution in [0.1, 0.15) is 28.9 Å². The summed E-state index contributed by atoms with van der Waals surface area (Å²) in [5.41, 5.74) is -1.76. The highest BCUT2D eigenvalue weighted by Gasteiger charge is 2.48. The lowest BCUT2D eigenvalue weighted by atomic mass is 9.92. The van der Waals surface area contributed by atoms with Gasteiger partial charge in [-0.2, -0.15) is 13.2 Å². The highest BCUT2D eigenvalue weighted by Crippen LogP contribution is 2.44. The lowest BCUT2D eigenvalue weighted by Crippen LogP contribution is -2.32. The van der Waals surface area contributed by atoms with Crippen LogP contribution in [0.4, 0.5) is 13.2 Å². The van der Waals surface area contributed by atoms with Gasteiger partial charge in [0.1, 0.15) is 0 Å². The van der Waals surface area contributed by atoms with Gasteiger partial charge in [-0.25, -0.2) is 0 Å². The van der Waals surface area contributed by atoms with Gasteiger partial charge in [0, 0.05) is 19.3 Å². The molecule has 8 heteroatoms. The Balaban J connectivity index is 1.86. The van der Waals surface area contributed by atoms with Gasteiger partial charge in [-0.1, -0.05) is 0 Å². The normalized spacial score (nSPS) is 24.7. The number of amides is 1. The van der Waals surface area contributed by atoms with Gasteiger partial charge >= 0.3 is 12.1 Å². The molecule has 1 saturated heterocycles. The van der Waals surface area contributed by atoms with E-state index in [1.54, 1.807) is 0 Å². The number of halogens is 3. The third-order valence-corrected chi connectivity index (χ3v) is 4.50. The van der Waals surface area contributed by atoms with E-state index in [1.165, 1.54) is 11.0 Å². The molecule has 2 atom stereocenters. The zero-order valence-corrected chi connectivity index (χ0v) is 12.1. The van der Waals surface area contributed by atoms with Crippen molar-refractivity contribution in [1.29, 1.82) is 0 Å². The van der Waals surface area contributed by atoms with Crippen molar-refractivity contribution in [3.8, 4) is 0 Å². The molecule has 23 heavy (non-hydrogen) atoms. The lowest BCUT2D eigenvalue weighted by Gasteiger charge is -2.18. The molecule has 1 aliphatic heterocycles. The van der Waals surface area contributed by atoms with E-state index >= 15 is 0 Å². The first-order valence-electron chi connectivity index (χ1n) is 7.33. The van der Waals surface area contributed by atoms with E-state index in [-0.39, 0.29) is 24.9 Å². The Hall–Kier alpha value is -2.12. The molecule has 0 aromatic carbocycles. The van der Waals surface area contributed by atoms with Crippen molar-refractivity contribution in [2.75, 3.05) is 13.1 Å². The monoisotopic (exact) mass is 328 g/mol. The van der Waals surface area contributed by atoms with Crippen LogP contribution in [0.2, 0.25) is 0 Å². The summed E-state index contributed by atoms with van der Waals surface area (Å²) in [4.78, 5) is 28.3. The molecule has 2 fully saturated rings. The van der Waals surface area contributed by atoms with E-state index in [0.29, 0.717) is 0 Å². The fourth-order valence-electron chi connectivity index (χ4n) is 3.23. The van der Waals surface area contributed by atoms with Crippen molar-refractivity contribution in [2.24, 2.45) is 17.8 Å². The van der Waals surface area contributed by atoms with Crippen LogP contribution in [0.3, 0.4) is 0 Å². The molecule has 1 amide bonds. The van der Waals surface area contributed by atoms with Gasteiger partial charge in [0.05, 0.1) is 11.5 Å². The SMILES string of the molecule is O=C(O)[C@H]1CN(C(=O)c2cccnc2C(F)(F)F)C[C@@H]1C1CC1. The molecule has 2 heterocycles. The maximum atomic E-state index is 13.0. The fraction of sp³-hybridized carbons (Fsp3) is 0.533. The number of rotatable bonds is 3. The van der Waals surface area contributed by atoms with Crippen LogP contribution in [-0.4, -0.2) is 40.0 Å². The summed E-state index contributed by atoms with van der Waals surface area (Å²) in [6.45, 7) is 0.133. The summed E-state index contributed by atoms with van der Waals surface area (Å²) in [5, 5.41) is 9.28. The predicted molar refractivity (Wildman–Crippen MR) is 72.5 cm³/mol. The minimum absolute atomic E-state index is 0.0540. The number of carboxylic acids is 1. The predicted octanol–water partition coefficient (Wildman–Crippen LogP) is 2.28. The lowest BCUT2D eigenvalue weighted by molar-refractivity contribution is -0.143. The molecule has 1 aromatic rings. The van der Waals surface area contributed by atoms with Crippen molar-refractivity contribution in [1.82, 2.24) is 9.88 Å². The van der Waals surface area contributed by atoms with Gasteiger partial charge in [-0.05, 0) is 36.8 Å². The summed E-state index contributed by atoms with van der Waals surface area (Å²) in [6.07, 6.45) is -1.92. The first kappa shape index (κ1) is 15.8. The van der Waals surface area contributed by atoms with Crippen molar-refractivity contribution < 1.29 is 27.9 Å². The van der Waals surface area contributed by atoms with E-state index in [2.05, 4.69) is 4.98 Å². The molecule has 0 radical (unpaired) electrons. The minimum atomic E-state index is -4.73. The molecule has 1 aliphatic carbocycles. The highest BCUT2D eigenvalue weighted by atomic mass is 19.4. The van der Waals surface area contributed by atoms with E-state index in [0.717, 1.165) is 25.1 Å². The van der Waals surface area contributed by atoms with Crippen LogP contribution in [0.15, 0.2) is 18.3 Å². The van der Waals surface area contributed by atoms with Gasteiger partial charge < -0.3 is 10.0 Å². The van der Waals surface area contributed by atoms with Gasteiger partial charge in [0.2, 0.25) is 0 Å². The van der Waals surface area contributed by atoms with Crippen LogP contribution in [0.25, 0.3) is 0 Å². The maximum absolute atomic E-state index is 13.0. The van der Waals surface area contributed by atoms with Crippen LogP contribution in [-0.2, 0) is 11.0 Å². The van der Waals surface area contributed by atoms with Crippen LogP contribution < -0.4 is 0 Å². The largest absolute Gasteiger partial charge is 0.481 e. The molecule has 1 saturated carbocycles. The average molecular weight is 328 g/mol. The number of nitrogens with zero attached hydrogens (tertiary/aromatic N) is 2. The number of alkyl halides is 3. The highest BCUT2D eigenvalue weighted by molar-refractivity contribution is 5.96. The molecule has 0 unspecified atom stereocenters. The molecular weight excluding hydrogens is 313 g/mol. The van der Waals surface area contributed by atoms with Gasteiger partial charge in [-0.15, -0.1) is 0 Å². The quantitative estimate of drug-likeness (QED) is 0.924. The summed E-state index contributed by atoms with van der Waals surface area (Å²) < 4.78 is 39.0. The first-order valence-corrected chi connectivity index (χ1v) is 7.33. The molecule has 2 aliphatic rings. The molecular formula is C15H15F3N2O3. The summed E-state index contributed by atoms with van der Waals surface area (Å²) >= 11 is 0. The van der Waals surface area contributed by atoms with E-state index in [1.807, 2.05) is 0 Å². The van der Waals surface area contributed by atoms with Crippen LogP contribution in [0.5, 0.6) is 0 Å². The molecule has 0 bridgehead atoms. The number of carbonyl (C=O) groups is 2. The maximum Gasteiger partial charge on any atom is 0.434 e. The van der Waals surface area contributed by atoms with E-state index in [9.17, 15) is 27.9 Å². The summed E-state index contributed by atoms with van der Waals surface area (Å²) in [7, 11) is 0. The van der Waals surface area contributed by atoms with E-state index < -0.39 is 35.2 Å². The molecule has 0 spiro atoms. The molecule has 1 aromatic heterocycles. The van der Waals surface area contributed by atoms with Gasteiger partial charge in [-0.3, -0.25) is 14.6 Å². The number of likely N-dealkylation sites (tertiary alicyclic amines) is 1. The number of pyridine rings is 1. The van der Waals surface area contributed by atoms with Gasteiger partial charge in [0.25, 0.3) is 5.91 Å². The topological polar surface area (TPSA) is 70.5 Å². The third kappa shape index (κ3) is 3.02. The zero-order chi connectivity index (χ0) is 16.8. The summed E-state index contributed by atoms with van der Waals surface area (Å²) in [6, 6.07) is 2.35. The molecule has 5 nitrogen and oxygen atoms in total. The number of hydrogen-bond donors (Lipinski definition) is 1. The van der Waals surface area contributed by atoms with Crippen molar-refractivity contribution in [3.63, 3.8) is 0 Å². The minimum Gasteiger partial charge on any atom is -0.481 e.